The van der Waals surface area contributed by atoms with E-state index >= 15 is 0 Å². The average molecular weight is 268 g/mol. The van der Waals surface area contributed by atoms with Crippen molar-refractivity contribution in [2.45, 2.75) is 0 Å². The molecule has 20 heavy (non-hydrogen) atoms. The number of hydrogen-bond donors (Lipinski definition) is 0. The lowest BCUT2D eigenvalue weighted by molar-refractivity contribution is 0.103. The number of rotatable bonds is 4. The van der Waals surface area contributed by atoms with E-state index in [0.717, 1.165) is 16.9 Å². The molecule has 0 aromatic heterocycles. The summed E-state index contributed by atoms with van der Waals surface area (Å²) < 4.78 is 0. The number of anilines is 2. The molecule has 0 saturated carbocycles. The third-order valence-electron chi connectivity index (χ3n) is 3.28. The maximum atomic E-state index is 12.6. The molecule has 2 rings (SSSR count). The van der Waals surface area contributed by atoms with Crippen molar-refractivity contribution >= 4 is 17.2 Å². The number of benzene rings is 2. The van der Waals surface area contributed by atoms with Crippen molar-refractivity contribution in [3.05, 3.63) is 59.7 Å². The summed E-state index contributed by atoms with van der Waals surface area (Å²) in [5.74, 6) is 0.0552. The van der Waals surface area contributed by atoms with Crippen molar-refractivity contribution in [1.82, 2.24) is 0 Å². The van der Waals surface area contributed by atoms with E-state index in [1.54, 1.807) is 0 Å². The van der Waals surface area contributed by atoms with Crippen LogP contribution in [0.15, 0.2) is 48.5 Å². The van der Waals surface area contributed by atoms with Crippen LogP contribution in [0.5, 0.6) is 0 Å². The second-order valence-corrected chi connectivity index (χ2v) is 5.18. The maximum absolute atomic E-state index is 12.6. The molecule has 0 N–H and O–H groups in total. The standard InChI is InChI=1S/C17H20N2O/c1-18(2)14-11-9-13(10-12-14)17(20)15-7-5-6-8-16(15)19(3)4/h5-12H,1-4H3. The van der Waals surface area contributed by atoms with Crippen LogP contribution in [0, 0.1) is 0 Å². The van der Waals surface area contributed by atoms with Crippen molar-refractivity contribution in [3.8, 4) is 0 Å². The van der Waals surface area contributed by atoms with Crippen LogP contribution in [0.2, 0.25) is 0 Å². The molecule has 2 aromatic carbocycles. The van der Waals surface area contributed by atoms with Gasteiger partial charge in [-0.1, -0.05) is 12.1 Å². The van der Waals surface area contributed by atoms with E-state index in [2.05, 4.69) is 0 Å². The zero-order chi connectivity index (χ0) is 14.7. The molecule has 0 unspecified atom stereocenters. The van der Waals surface area contributed by atoms with Gasteiger partial charge in [0.25, 0.3) is 0 Å². The molecule has 0 heterocycles. The first-order valence-electron chi connectivity index (χ1n) is 6.59. The smallest absolute Gasteiger partial charge is 0.195 e. The molecule has 3 heteroatoms. The summed E-state index contributed by atoms with van der Waals surface area (Å²) in [6.07, 6.45) is 0. The van der Waals surface area contributed by atoms with Crippen LogP contribution in [-0.2, 0) is 0 Å². The largest absolute Gasteiger partial charge is 0.378 e. The fraction of sp³-hybridized carbons (Fsp3) is 0.235. The molecule has 0 bridgehead atoms. The fourth-order valence-electron chi connectivity index (χ4n) is 2.12. The Morgan fingerprint density at radius 1 is 0.800 bits per heavy atom. The summed E-state index contributed by atoms with van der Waals surface area (Å²) in [5, 5.41) is 0. The number of carbonyl (C=O) groups is 1. The molecule has 0 aliphatic carbocycles. The van der Waals surface area contributed by atoms with Gasteiger partial charge >= 0.3 is 0 Å². The van der Waals surface area contributed by atoms with Crippen molar-refractivity contribution in [2.75, 3.05) is 38.0 Å². The average Bonchev–Trinajstić information content (AvgIpc) is 2.46. The minimum atomic E-state index is 0.0552. The normalized spacial score (nSPS) is 10.2. The third kappa shape index (κ3) is 2.82. The van der Waals surface area contributed by atoms with Gasteiger partial charge < -0.3 is 9.80 Å². The molecule has 2 aromatic rings. The molecule has 3 nitrogen and oxygen atoms in total. The molecular weight excluding hydrogens is 248 g/mol. The highest BCUT2D eigenvalue weighted by Crippen LogP contribution is 2.22. The van der Waals surface area contributed by atoms with Crippen LogP contribution in [0.25, 0.3) is 0 Å². The van der Waals surface area contributed by atoms with Gasteiger partial charge in [-0.25, -0.2) is 0 Å². The number of nitrogens with zero attached hydrogens (tertiary/aromatic N) is 2. The summed E-state index contributed by atoms with van der Waals surface area (Å²) in [5.41, 5.74) is 3.47. The molecule has 0 amide bonds. The second kappa shape index (κ2) is 5.78. The Morgan fingerprint density at radius 2 is 1.40 bits per heavy atom. The zero-order valence-electron chi connectivity index (χ0n) is 12.4. The summed E-state index contributed by atoms with van der Waals surface area (Å²) in [4.78, 5) is 16.6. The van der Waals surface area contributed by atoms with Gasteiger partial charge in [0.2, 0.25) is 0 Å². The van der Waals surface area contributed by atoms with Gasteiger partial charge in [-0.3, -0.25) is 4.79 Å². The first kappa shape index (κ1) is 14.1. The number of hydrogen-bond acceptors (Lipinski definition) is 3. The number of para-hydroxylation sites is 1. The van der Waals surface area contributed by atoms with E-state index in [4.69, 9.17) is 0 Å². The molecule has 0 aliphatic rings. The first-order chi connectivity index (χ1) is 9.50. The van der Waals surface area contributed by atoms with Crippen LogP contribution in [0.3, 0.4) is 0 Å². The minimum Gasteiger partial charge on any atom is -0.378 e. The van der Waals surface area contributed by atoms with Crippen molar-refractivity contribution in [3.63, 3.8) is 0 Å². The summed E-state index contributed by atoms with van der Waals surface area (Å²) in [6, 6.07) is 15.4. The lowest BCUT2D eigenvalue weighted by atomic mass is 10.0. The summed E-state index contributed by atoms with van der Waals surface area (Å²) in [6.45, 7) is 0. The van der Waals surface area contributed by atoms with Crippen molar-refractivity contribution in [2.24, 2.45) is 0 Å². The maximum Gasteiger partial charge on any atom is 0.195 e. The van der Waals surface area contributed by atoms with Crippen molar-refractivity contribution < 1.29 is 4.79 Å². The van der Waals surface area contributed by atoms with Crippen LogP contribution in [0.4, 0.5) is 11.4 Å². The fourth-order valence-corrected chi connectivity index (χ4v) is 2.12. The van der Waals surface area contributed by atoms with Gasteiger partial charge in [-0.05, 0) is 36.4 Å². The second-order valence-electron chi connectivity index (χ2n) is 5.18. The van der Waals surface area contributed by atoms with Crippen LogP contribution < -0.4 is 9.80 Å². The van der Waals surface area contributed by atoms with E-state index in [-0.39, 0.29) is 5.78 Å². The lowest BCUT2D eigenvalue weighted by Crippen LogP contribution is -2.14. The minimum absolute atomic E-state index is 0.0552. The predicted octanol–water partition coefficient (Wildman–Crippen LogP) is 3.05. The van der Waals surface area contributed by atoms with Gasteiger partial charge in [0.05, 0.1) is 0 Å². The Bertz CT molecular complexity index is 601. The monoisotopic (exact) mass is 268 g/mol. The molecule has 0 fully saturated rings. The molecule has 0 radical (unpaired) electrons. The SMILES string of the molecule is CN(C)c1ccc(C(=O)c2ccccc2N(C)C)cc1. The highest BCUT2D eigenvalue weighted by molar-refractivity contribution is 6.12. The van der Waals surface area contributed by atoms with Gasteiger partial charge in [0.1, 0.15) is 0 Å². The third-order valence-corrected chi connectivity index (χ3v) is 3.28. The highest BCUT2D eigenvalue weighted by atomic mass is 16.1. The molecule has 0 saturated heterocycles. The van der Waals surface area contributed by atoms with Gasteiger partial charge in [0.15, 0.2) is 5.78 Å². The Morgan fingerprint density at radius 3 is 1.95 bits per heavy atom. The van der Waals surface area contributed by atoms with E-state index < -0.39 is 0 Å². The van der Waals surface area contributed by atoms with Gasteiger partial charge in [-0.15, -0.1) is 0 Å². The predicted molar refractivity (Wildman–Crippen MR) is 85.0 cm³/mol. The van der Waals surface area contributed by atoms with Crippen molar-refractivity contribution in [1.29, 1.82) is 0 Å². The van der Waals surface area contributed by atoms with E-state index in [9.17, 15) is 4.79 Å². The Balaban J connectivity index is 2.36. The molecular formula is C17H20N2O. The summed E-state index contributed by atoms with van der Waals surface area (Å²) >= 11 is 0. The quantitative estimate of drug-likeness (QED) is 0.796. The van der Waals surface area contributed by atoms with Crippen LogP contribution >= 0.6 is 0 Å². The Hall–Kier alpha value is -2.29. The number of ketones is 1. The molecule has 0 atom stereocenters. The molecule has 0 spiro atoms. The lowest BCUT2D eigenvalue weighted by Gasteiger charge is -2.17. The topological polar surface area (TPSA) is 23.6 Å². The summed E-state index contributed by atoms with van der Waals surface area (Å²) in [7, 11) is 7.86. The van der Waals surface area contributed by atoms with E-state index in [1.165, 1.54) is 0 Å². The molecule has 0 aliphatic heterocycles. The molecule has 104 valence electrons. The van der Waals surface area contributed by atoms with Gasteiger partial charge in [-0.2, -0.15) is 0 Å². The van der Waals surface area contributed by atoms with Gasteiger partial charge in [0, 0.05) is 50.7 Å². The van der Waals surface area contributed by atoms with Crippen LogP contribution in [0.1, 0.15) is 15.9 Å². The van der Waals surface area contributed by atoms with Crippen LogP contribution in [-0.4, -0.2) is 34.0 Å². The first-order valence-corrected chi connectivity index (χ1v) is 6.59. The van der Waals surface area contributed by atoms with E-state index in [0.29, 0.717) is 5.56 Å². The zero-order valence-corrected chi connectivity index (χ0v) is 12.4. The Kier molecular flexibility index (Phi) is 4.08. The Labute approximate surface area is 120 Å². The van der Waals surface area contributed by atoms with E-state index in [1.807, 2.05) is 86.5 Å². The highest BCUT2D eigenvalue weighted by Gasteiger charge is 2.14. The number of carbonyl (C=O) groups excluding carboxylic acids is 1.